The van der Waals surface area contributed by atoms with Crippen molar-refractivity contribution in [2.75, 3.05) is 0 Å². The third kappa shape index (κ3) is 2.86. The van der Waals surface area contributed by atoms with Crippen LogP contribution < -0.4 is 0 Å². The van der Waals surface area contributed by atoms with Gasteiger partial charge in [0.2, 0.25) is 0 Å². The number of nitriles is 2. The summed E-state index contributed by atoms with van der Waals surface area (Å²) in [6.45, 7) is 0. The Kier molecular flexibility index (Phi) is 4.24. The zero-order valence-corrected chi connectivity index (χ0v) is 19.1. The summed E-state index contributed by atoms with van der Waals surface area (Å²) in [6, 6.07) is 38.6. The third-order valence-corrected chi connectivity index (χ3v) is 6.82. The van der Waals surface area contributed by atoms with Crippen molar-refractivity contribution in [3.05, 3.63) is 114 Å². The van der Waals surface area contributed by atoms with E-state index in [9.17, 15) is 10.5 Å². The highest BCUT2D eigenvalue weighted by atomic mass is 16.3. The molecule has 0 aliphatic rings. The summed E-state index contributed by atoms with van der Waals surface area (Å²) in [5.41, 5.74) is 7.57. The van der Waals surface area contributed by atoms with E-state index in [1.165, 1.54) is 0 Å². The van der Waals surface area contributed by atoms with Gasteiger partial charge < -0.3 is 8.98 Å². The molecule has 0 bridgehead atoms. The van der Waals surface area contributed by atoms with Gasteiger partial charge in [0, 0.05) is 32.8 Å². The van der Waals surface area contributed by atoms with Gasteiger partial charge in [-0.25, -0.2) is 0 Å². The average molecular weight is 460 g/mol. The lowest BCUT2D eigenvalue weighted by atomic mass is 9.99. The van der Waals surface area contributed by atoms with Gasteiger partial charge in [-0.1, -0.05) is 54.6 Å². The van der Waals surface area contributed by atoms with Crippen molar-refractivity contribution < 1.29 is 4.42 Å². The van der Waals surface area contributed by atoms with Gasteiger partial charge in [0.25, 0.3) is 0 Å². The lowest BCUT2D eigenvalue weighted by Gasteiger charge is -2.12. The third-order valence-electron chi connectivity index (χ3n) is 6.82. The topological polar surface area (TPSA) is 65.7 Å². The van der Waals surface area contributed by atoms with Crippen molar-refractivity contribution in [2.24, 2.45) is 0 Å². The van der Waals surface area contributed by atoms with Crippen LogP contribution in [0, 0.1) is 22.7 Å². The summed E-state index contributed by atoms with van der Waals surface area (Å²) in [7, 11) is 0. The fraction of sp³-hybridized carbons (Fsp3) is 0. The fourth-order valence-corrected chi connectivity index (χ4v) is 5.26. The number of benzene rings is 5. The van der Waals surface area contributed by atoms with Crippen molar-refractivity contribution >= 4 is 43.7 Å². The molecule has 0 aliphatic heterocycles. The molecule has 36 heavy (non-hydrogen) atoms. The van der Waals surface area contributed by atoms with Crippen LogP contribution in [0.1, 0.15) is 11.1 Å². The van der Waals surface area contributed by atoms with Crippen LogP contribution in [0.3, 0.4) is 0 Å². The van der Waals surface area contributed by atoms with Crippen LogP contribution in [-0.2, 0) is 0 Å². The Bertz CT molecular complexity index is 2080. The summed E-state index contributed by atoms with van der Waals surface area (Å²) < 4.78 is 8.45. The molecule has 5 aromatic carbocycles. The second-order valence-corrected chi connectivity index (χ2v) is 8.86. The van der Waals surface area contributed by atoms with Gasteiger partial charge in [-0.15, -0.1) is 0 Å². The first-order valence-corrected chi connectivity index (χ1v) is 11.6. The summed E-state index contributed by atoms with van der Waals surface area (Å²) in [6.07, 6.45) is 0. The minimum Gasteiger partial charge on any atom is -0.455 e. The maximum atomic E-state index is 9.93. The zero-order valence-electron chi connectivity index (χ0n) is 19.1. The number of rotatable bonds is 2. The number of nitrogens with zero attached hydrogens (tertiary/aromatic N) is 3. The van der Waals surface area contributed by atoms with Gasteiger partial charge in [-0.3, -0.25) is 0 Å². The van der Waals surface area contributed by atoms with Crippen molar-refractivity contribution in [2.45, 2.75) is 0 Å². The van der Waals surface area contributed by atoms with Crippen LogP contribution in [0.4, 0.5) is 0 Å². The lowest BCUT2D eigenvalue weighted by molar-refractivity contribution is 0.670. The summed E-state index contributed by atoms with van der Waals surface area (Å²) in [5.74, 6) is 0. The van der Waals surface area contributed by atoms with E-state index in [0.717, 1.165) is 60.6 Å². The fourth-order valence-electron chi connectivity index (χ4n) is 5.26. The molecular weight excluding hydrogens is 442 g/mol. The van der Waals surface area contributed by atoms with Gasteiger partial charge >= 0.3 is 0 Å². The van der Waals surface area contributed by atoms with E-state index in [1.54, 1.807) is 0 Å². The molecule has 0 spiro atoms. The Morgan fingerprint density at radius 2 is 1.33 bits per heavy atom. The smallest absolute Gasteiger partial charge is 0.143 e. The Morgan fingerprint density at radius 3 is 2.19 bits per heavy atom. The summed E-state index contributed by atoms with van der Waals surface area (Å²) in [5, 5.41) is 23.6. The standard InChI is InChI=1S/C32H17N3O/c33-18-20-12-13-30-28(16-20)25-6-1-3-10-29(25)35(30)23-15-21(19-34)14-22(17-23)24-8-5-9-27-26-7-2-4-11-31(26)36-32(24)27/h1-17H. The number of hydrogen-bond donors (Lipinski definition) is 0. The van der Waals surface area contributed by atoms with E-state index in [2.05, 4.69) is 47.0 Å². The maximum absolute atomic E-state index is 9.93. The van der Waals surface area contributed by atoms with Gasteiger partial charge in [0.1, 0.15) is 11.2 Å². The predicted molar refractivity (Wildman–Crippen MR) is 143 cm³/mol. The molecule has 0 saturated carbocycles. The minimum absolute atomic E-state index is 0.565. The second kappa shape index (κ2) is 7.60. The first-order chi connectivity index (χ1) is 17.7. The highest BCUT2D eigenvalue weighted by Crippen LogP contribution is 2.38. The summed E-state index contributed by atoms with van der Waals surface area (Å²) >= 11 is 0. The Hall–Kier alpha value is -5.32. The number of furan rings is 1. The Labute approximate surface area is 206 Å². The molecule has 0 atom stereocenters. The lowest BCUT2D eigenvalue weighted by Crippen LogP contribution is -1.96. The van der Waals surface area contributed by atoms with Gasteiger partial charge in [-0.05, 0) is 54.1 Å². The van der Waals surface area contributed by atoms with E-state index >= 15 is 0 Å². The van der Waals surface area contributed by atoms with E-state index in [0.29, 0.717) is 11.1 Å². The molecule has 166 valence electrons. The summed E-state index contributed by atoms with van der Waals surface area (Å²) in [4.78, 5) is 0. The van der Waals surface area contributed by atoms with Crippen LogP contribution in [0.5, 0.6) is 0 Å². The molecule has 4 nitrogen and oxygen atoms in total. The largest absolute Gasteiger partial charge is 0.455 e. The van der Waals surface area contributed by atoms with Crippen molar-refractivity contribution in [1.29, 1.82) is 10.5 Å². The minimum atomic E-state index is 0.565. The average Bonchev–Trinajstić information content (AvgIpc) is 3.48. The SMILES string of the molecule is N#Cc1cc(-c2cccc3c2oc2ccccc23)cc(-n2c3ccccc3c3cc(C#N)ccc32)c1. The van der Waals surface area contributed by atoms with Crippen LogP contribution >= 0.6 is 0 Å². The van der Waals surface area contributed by atoms with Gasteiger partial charge in [0.15, 0.2) is 0 Å². The van der Waals surface area contributed by atoms with Gasteiger partial charge in [0.05, 0.1) is 34.3 Å². The van der Waals surface area contributed by atoms with Crippen LogP contribution in [0.25, 0.3) is 60.6 Å². The van der Waals surface area contributed by atoms with E-state index in [-0.39, 0.29) is 0 Å². The highest BCUT2D eigenvalue weighted by molar-refractivity contribution is 6.11. The number of fused-ring (bicyclic) bond motifs is 6. The molecule has 0 unspecified atom stereocenters. The number of hydrogen-bond acceptors (Lipinski definition) is 3. The van der Waals surface area contributed by atoms with Gasteiger partial charge in [-0.2, -0.15) is 10.5 Å². The molecule has 0 amide bonds. The van der Waals surface area contributed by atoms with Crippen molar-refractivity contribution in [1.82, 2.24) is 4.57 Å². The monoisotopic (exact) mass is 459 g/mol. The Morgan fingerprint density at radius 1 is 0.583 bits per heavy atom. The first kappa shape index (κ1) is 20.1. The van der Waals surface area contributed by atoms with E-state index < -0.39 is 0 Å². The second-order valence-electron chi connectivity index (χ2n) is 8.86. The normalized spacial score (nSPS) is 11.3. The highest BCUT2D eigenvalue weighted by Gasteiger charge is 2.16. The van der Waals surface area contributed by atoms with Crippen LogP contribution in [0.15, 0.2) is 108 Å². The first-order valence-electron chi connectivity index (χ1n) is 11.6. The number of aromatic nitrogens is 1. The molecule has 2 aromatic heterocycles. The molecule has 7 rings (SSSR count). The van der Waals surface area contributed by atoms with Crippen molar-refractivity contribution in [3.8, 4) is 29.0 Å². The Balaban J connectivity index is 1.54. The van der Waals surface area contributed by atoms with Crippen molar-refractivity contribution in [3.63, 3.8) is 0 Å². The van der Waals surface area contributed by atoms with E-state index in [1.807, 2.05) is 72.8 Å². The molecule has 0 N–H and O–H groups in total. The molecule has 0 radical (unpaired) electrons. The molecule has 0 fully saturated rings. The number of para-hydroxylation sites is 3. The van der Waals surface area contributed by atoms with Crippen LogP contribution in [0.2, 0.25) is 0 Å². The van der Waals surface area contributed by atoms with Crippen LogP contribution in [-0.4, -0.2) is 4.57 Å². The predicted octanol–water partition coefficient (Wildman–Crippen LogP) is 8.09. The molecule has 0 saturated heterocycles. The zero-order chi connectivity index (χ0) is 24.2. The molecule has 7 aromatic rings. The molecular formula is C32H17N3O. The molecule has 2 heterocycles. The molecule has 0 aliphatic carbocycles. The van der Waals surface area contributed by atoms with E-state index in [4.69, 9.17) is 4.42 Å². The quantitative estimate of drug-likeness (QED) is 0.262. The maximum Gasteiger partial charge on any atom is 0.143 e. The molecule has 4 heteroatoms.